The first kappa shape index (κ1) is 49.6. The summed E-state index contributed by atoms with van der Waals surface area (Å²) in [7, 11) is 0. The van der Waals surface area contributed by atoms with E-state index in [1.807, 2.05) is 30.3 Å². The van der Waals surface area contributed by atoms with Crippen molar-refractivity contribution in [3.63, 3.8) is 0 Å². The maximum atomic E-state index is 14.0. The molecule has 1 aliphatic heterocycles. The molecule has 4 atom stereocenters. The third-order valence-electron chi connectivity index (χ3n) is 8.97. The number of nitrogens with two attached hydrogens (primary N) is 3. The van der Waals surface area contributed by atoms with Crippen molar-refractivity contribution in [1.82, 2.24) is 41.6 Å². The van der Waals surface area contributed by atoms with Crippen molar-refractivity contribution in [2.75, 3.05) is 79.0 Å². The number of carbonyl (C=O) groups excluding carboxylic acids is 5. The molecule has 2 heterocycles. The molecule has 0 saturated heterocycles. The lowest BCUT2D eigenvalue weighted by molar-refractivity contribution is -0.141. The first-order valence-corrected chi connectivity index (χ1v) is 20.1. The van der Waals surface area contributed by atoms with Crippen molar-refractivity contribution in [3.05, 3.63) is 47.8 Å². The van der Waals surface area contributed by atoms with Gasteiger partial charge in [0.1, 0.15) is 23.8 Å². The molecular weight excluding hydrogens is 800 g/mol. The molecule has 3 rings (SSSR count). The fraction of sp³-hybridized carbons (Fsp3) is 0.605. The highest BCUT2D eigenvalue weighted by Gasteiger charge is 2.32. The molecule has 1 aliphatic rings. The number of hydrogen-bond acceptors (Lipinski definition) is 14. The van der Waals surface area contributed by atoms with Crippen LogP contribution in [0.5, 0.6) is 0 Å². The van der Waals surface area contributed by atoms with Gasteiger partial charge in [-0.3, -0.25) is 33.8 Å². The Labute approximate surface area is 353 Å². The summed E-state index contributed by atoms with van der Waals surface area (Å²) in [6.45, 7) is 3.18. The summed E-state index contributed by atoms with van der Waals surface area (Å²) < 4.78 is 22.9. The Bertz CT molecular complexity index is 1690. The van der Waals surface area contributed by atoms with Crippen LogP contribution in [0.25, 0.3) is 0 Å². The van der Waals surface area contributed by atoms with Gasteiger partial charge in [-0.15, -0.1) is 5.10 Å². The lowest BCUT2D eigenvalue weighted by Gasteiger charge is -2.24. The van der Waals surface area contributed by atoms with E-state index in [0.717, 1.165) is 5.56 Å². The fourth-order valence-corrected chi connectivity index (χ4v) is 5.92. The third-order valence-corrected chi connectivity index (χ3v) is 8.97. The minimum Gasteiger partial charge on any atom is -0.481 e. The minimum absolute atomic E-state index is 0.0684. The number of hydrogen-bond donors (Lipinski definition) is 9. The zero-order valence-corrected chi connectivity index (χ0v) is 34.3. The van der Waals surface area contributed by atoms with Crippen LogP contribution in [0.1, 0.15) is 61.9 Å². The number of aliphatic imine (C=N–C) groups is 1. The second-order valence-corrected chi connectivity index (χ2v) is 13.8. The zero-order valence-electron chi connectivity index (χ0n) is 34.3. The van der Waals surface area contributed by atoms with E-state index in [-0.39, 0.29) is 69.4 Å². The summed E-state index contributed by atoms with van der Waals surface area (Å²) in [5.41, 5.74) is 17.3. The topological polar surface area (TPSA) is 341 Å². The number of aromatic nitrogens is 3. The molecule has 5 amide bonds. The van der Waals surface area contributed by atoms with Gasteiger partial charge in [0.25, 0.3) is 0 Å². The van der Waals surface area contributed by atoms with Crippen LogP contribution >= 0.6 is 0 Å². The Morgan fingerprint density at radius 2 is 1.48 bits per heavy atom. The number of carbonyl (C=O) groups is 6. The SMILES string of the molecule is NCCOCCOCCOCCOCCC(=O)NCCC[C@H]1C(=O)N[C@@H](CCCN=C(N)N)C(=O)NCC(=O)NC(CC(=O)O)C(=O)NC(Cc2ccccc2)c2cn1nn2. The molecule has 61 heavy (non-hydrogen) atoms. The first-order chi connectivity index (χ1) is 29.5. The standard InChI is InChI=1S/C38H60N12O11/c39-11-15-59-17-19-61-21-20-60-18-16-58-14-10-32(51)42-12-5-9-31-37(57)46-27(8-4-13-43-38(40)41)35(55)44-24-33(52)45-29(23-34(53)54)36(56)47-28(30-25-50(31)49-48-30)22-26-6-2-1-3-7-26/h1-3,6-7,25,27-29,31H,4-5,8-24,39H2,(H,42,51)(H,44,55)(H,45,52)(H,46,57)(H,47,56)(H,53,54)(H4,40,41,43)/t27-,28?,29?,31-/m0/s1. The van der Waals surface area contributed by atoms with Gasteiger partial charge in [-0.2, -0.15) is 0 Å². The van der Waals surface area contributed by atoms with E-state index < -0.39 is 66.7 Å². The van der Waals surface area contributed by atoms with Gasteiger partial charge in [0.2, 0.25) is 29.5 Å². The molecule has 0 fully saturated rings. The zero-order chi connectivity index (χ0) is 44.2. The van der Waals surface area contributed by atoms with Gasteiger partial charge >= 0.3 is 5.97 Å². The number of benzene rings is 1. The molecule has 338 valence electrons. The Morgan fingerprint density at radius 3 is 2.13 bits per heavy atom. The maximum Gasteiger partial charge on any atom is 0.305 e. The number of fused-ring (bicyclic) bond motifs is 2. The van der Waals surface area contributed by atoms with E-state index in [1.165, 1.54) is 10.9 Å². The molecule has 23 heteroatoms. The van der Waals surface area contributed by atoms with Gasteiger partial charge in [0.15, 0.2) is 5.96 Å². The van der Waals surface area contributed by atoms with Crippen molar-refractivity contribution in [2.45, 2.75) is 69.1 Å². The van der Waals surface area contributed by atoms with E-state index in [1.54, 1.807) is 0 Å². The molecule has 12 N–H and O–H groups in total. The molecule has 0 radical (unpaired) electrons. The summed E-state index contributed by atoms with van der Waals surface area (Å²) in [5.74, 6) is -4.75. The smallest absolute Gasteiger partial charge is 0.305 e. The normalized spacial score (nSPS) is 18.6. The molecule has 2 bridgehead atoms. The summed E-state index contributed by atoms with van der Waals surface area (Å²) >= 11 is 0. The number of carboxylic acids is 1. The highest BCUT2D eigenvalue weighted by atomic mass is 16.6. The maximum absolute atomic E-state index is 14.0. The predicted molar refractivity (Wildman–Crippen MR) is 218 cm³/mol. The Balaban J connectivity index is 1.70. The lowest BCUT2D eigenvalue weighted by Crippen LogP contribution is -2.53. The van der Waals surface area contributed by atoms with Gasteiger partial charge in [0, 0.05) is 26.1 Å². The largest absolute Gasteiger partial charge is 0.481 e. The summed E-state index contributed by atoms with van der Waals surface area (Å²) in [6.07, 6.45) is 1.81. The summed E-state index contributed by atoms with van der Waals surface area (Å²) in [4.78, 5) is 82.2. The number of nitrogens with one attached hydrogen (secondary N) is 5. The van der Waals surface area contributed by atoms with Gasteiger partial charge in [-0.25, -0.2) is 4.68 Å². The van der Waals surface area contributed by atoms with Gasteiger partial charge in [0.05, 0.1) is 78.1 Å². The van der Waals surface area contributed by atoms with Crippen molar-refractivity contribution in [1.29, 1.82) is 0 Å². The summed E-state index contributed by atoms with van der Waals surface area (Å²) in [5, 5.41) is 31.3. The number of amides is 5. The molecular formula is C38H60N12O11. The number of carboxylic acid groups (broad SMARTS) is 1. The van der Waals surface area contributed by atoms with E-state index in [4.69, 9.17) is 36.1 Å². The van der Waals surface area contributed by atoms with Crippen LogP contribution in [0, 0.1) is 0 Å². The molecule has 1 aromatic carbocycles. The second kappa shape index (κ2) is 28.7. The lowest BCUT2D eigenvalue weighted by atomic mass is 10.0. The van der Waals surface area contributed by atoms with E-state index in [0.29, 0.717) is 59.2 Å². The molecule has 23 nitrogen and oxygen atoms in total. The number of guanidine groups is 1. The van der Waals surface area contributed by atoms with Crippen LogP contribution < -0.4 is 43.8 Å². The molecule has 2 aromatic rings. The van der Waals surface area contributed by atoms with Crippen LogP contribution in [0.15, 0.2) is 41.5 Å². The van der Waals surface area contributed by atoms with Gasteiger partial charge < -0.3 is 67.8 Å². The highest BCUT2D eigenvalue weighted by Crippen LogP contribution is 2.21. The number of ether oxygens (including phenoxy) is 4. The average molecular weight is 861 g/mol. The molecule has 0 spiro atoms. The number of aliphatic carboxylic acids is 1. The predicted octanol–water partition coefficient (Wildman–Crippen LogP) is -2.84. The monoisotopic (exact) mass is 860 g/mol. The Morgan fingerprint density at radius 1 is 0.820 bits per heavy atom. The van der Waals surface area contributed by atoms with Crippen molar-refractivity contribution >= 4 is 41.5 Å². The quantitative estimate of drug-likeness (QED) is 0.0261. The van der Waals surface area contributed by atoms with Crippen LogP contribution in [-0.4, -0.2) is 153 Å². The average Bonchev–Trinajstić information content (AvgIpc) is 3.72. The fourth-order valence-electron chi connectivity index (χ4n) is 5.92. The molecule has 0 saturated carbocycles. The molecule has 2 unspecified atom stereocenters. The van der Waals surface area contributed by atoms with Crippen molar-refractivity contribution in [3.8, 4) is 0 Å². The van der Waals surface area contributed by atoms with Crippen LogP contribution in [-0.2, 0) is 54.1 Å². The first-order valence-electron chi connectivity index (χ1n) is 20.1. The van der Waals surface area contributed by atoms with E-state index >= 15 is 0 Å². The van der Waals surface area contributed by atoms with Gasteiger partial charge in [-0.05, 0) is 37.7 Å². The van der Waals surface area contributed by atoms with E-state index in [2.05, 4.69) is 41.9 Å². The van der Waals surface area contributed by atoms with E-state index in [9.17, 15) is 33.9 Å². The Kier molecular flexibility index (Phi) is 23.3. The van der Waals surface area contributed by atoms with Crippen LogP contribution in [0.3, 0.4) is 0 Å². The third kappa shape index (κ3) is 20.4. The number of rotatable bonds is 26. The van der Waals surface area contributed by atoms with Gasteiger partial charge in [-0.1, -0.05) is 35.5 Å². The minimum atomic E-state index is -1.50. The highest BCUT2D eigenvalue weighted by molar-refractivity contribution is 5.94. The second-order valence-electron chi connectivity index (χ2n) is 13.8. The Hall–Kier alpha value is -5.75. The van der Waals surface area contributed by atoms with Crippen molar-refractivity contribution in [2.24, 2.45) is 22.2 Å². The molecule has 0 aliphatic carbocycles. The van der Waals surface area contributed by atoms with Crippen LogP contribution in [0.2, 0.25) is 0 Å². The van der Waals surface area contributed by atoms with Crippen LogP contribution in [0.4, 0.5) is 0 Å². The number of nitrogens with zero attached hydrogens (tertiary/aromatic N) is 4. The molecule has 1 aromatic heterocycles. The summed E-state index contributed by atoms with van der Waals surface area (Å²) in [6, 6.07) is 4.52. The van der Waals surface area contributed by atoms with Crippen molar-refractivity contribution < 1.29 is 52.8 Å².